The monoisotopic (exact) mass is 280 g/mol. The molecule has 0 bridgehead atoms. The number of rotatable bonds is 1. The molecule has 1 N–H and O–H groups in total. The number of hydrogen-bond acceptors (Lipinski definition) is 2. The lowest BCUT2D eigenvalue weighted by Gasteiger charge is -2.31. The van der Waals surface area contributed by atoms with Gasteiger partial charge in [0.1, 0.15) is 6.04 Å². The molecule has 5 heteroatoms. The van der Waals surface area contributed by atoms with Gasteiger partial charge in [0.15, 0.2) is 0 Å². The Morgan fingerprint density at radius 2 is 1.85 bits per heavy atom. The van der Waals surface area contributed by atoms with Crippen molar-refractivity contribution in [2.45, 2.75) is 51.6 Å². The fraction of sp³-hybridized carbons (Fsp3) is 0.867. The van der Waals surface area contributed by atoms with Crippen molar-refractivity contribution in [1.29, 1.82) is 0 Å². The number of carboxylic acids is 1. The highest BCUT2D eigenvalue weighted by molar-refractivity contribution is 5.84. The zero-order chi connectivity index (χ0) is 14.4. The number of amides is 2. The third-order valence-electron chi connectivity index (χ3n) is 5.42. The average Bonchev–Trinajstić information content (AvgIpc) is 3.00. The molecular weight excluding hydrogens is 256 g/mol. The lowest BCUT2D eigenvalue weighted by molar-refractivity contribution is -0.142. The van der Waals surface area contributed by atoms with Crippen molar-refractivity contribution in [3.8, 4) is 0 Å². The summed E-state index contributed by atoms with van der Waals surface area (Å²) in [6.07, 6.45) is 4.16. The Hall–Kier alpha value is -1.26. The van der Waals surface area contributed by atoms with Crippen molar-refractivity contribution in [3.05, 3.63) is 0 Å². The van der Waals surface area contributed by atoms with Crippen molar-refractivity contribution in [2.24, 2.45) is 17.8 Å². The number of fused-ring (bicyclic) bond motifs is 1. The van der Waals surface area contributed by atoms with Crippen LogP contribution in [0.5, 0.6) is 0 Å². The maximum absolute atomic E-state index is 12.7. The third-order valence-corrected chi connectivity index (χ3v) is 5.42. The summed E-state index contributed by atoms with van der Waals surface area (Å²) in [6.45, 7) is 5.61. The Morgan fingerprint density at radius 1 is 1.10 bits per heavy atom. The van der Waals surface area contributed by atoms with Gasteiger partial charge >= 0.3 is 12.0 Å². The maximum atomic E-state index is 12.7. The number of urea groups is 1. The van der Waals surface area contributed by atoms with E-state index in [0.29, 0.717) is 18.4 Å². The first-order valence-electron chi connectivity index (χ1n) is 7.79. The number of nitrogens with zero attached hydrogens (tertiary/aromatic N) is 2. The second-order valence-electron chi connectivity index (χ2n) is 6.92. The van der Waals surface area contributed by atoms with Crippen LogP contribution in [-0.4, -0.2) is 52.1 Å². The number of likely N-dealkylation sites (tertiary alicyclic amines) is 2. The number of carbonyl (C=O) groups excluding carboxylic acids is 1. The SMILES string of the molecule is CC1CC(C)N(C(=O)N2CC3CCCC3C2C(=O)O)C1. The molecule has 0 aromatic rings. The molecule has 0 aromatic carbocycles. The first kappa shape index (κ1) is 13.7. The van der Waals surface area contributed by atoms with Crippen molar-refractivity contribution >= 4 is 12.0 Å². The van der Waals surface area contributed by atoms with Crippen molar-refractivity contribution in [1.82, 2.24) is 9.80 Å². The summed E-state index contributed by atoms with van der Waals surface area (Å²) < 4.78 is 0. The molecule has 0 spiro atoms. The number of aliphatic carboxylic acids is 1. The van der Waals surface area contributed by atoms with Crippen LogP contribution in [0.3, 0.4) is 0 Å². The normalized spacial score (nSPS) is 40.2. The van der Waals surface area contributed by atoms with Gasteiger partial charge in [0.05, 0.1) is 0 Å². The van der Waals surface area contributed by atoms with Gasteiger partial charge in [-0.3, -0.25) is 0 Å². The summed E-state index contributed by atoms with van der Waals surface area (Å²) in [5, 5.41) is 9.53. The van der Waals surface area contributed by atoms with E-state index in [-0.39, 0.29) is 18.0 Å². The molecule has 2 saturated heterocycles. The van der Waals surface area contributed by atoms with E-state index in [4.69, 9.17) is 0 Å². The topological polar surface area (TPSA) is 60.9 Å². The highest BCUT2D eigenvalue weighted by atomic mass is 16.4. The second kappa shape index (κ2) is 4.93. The van der Waals surface area contributed by atoms with Gasteiger partial charge in [-0.25, -0.2) is 9.59 Å². The Kier molecular flexibility index (Phi) is 3.38. The molecule has 3 fully saturated rings. The van der Waals surface area contributed by atoms with Crippen LogP contribution in [-0.2, 0) is 4.79 Å². The standard InChI is InChI=1S/C15H24N2O3/c1-9-6-10(2)16(7-9)15(20)17-8-11-4-3-5-12(11)13(17)14(18)19/h9-13H,3-8H2,1-2H3,(H,18,19). The molecular formula is C15H24N2O3. The highest BCUT2D eigenvalue weighted by Gasteiger charge is 2.51. The number of carboxylic acid groups (broad SMARTS) is 1. The van der Waals surface area contributed by atoms with E-state index < -0.39 is 12.0 Å². The molecule has 2 amide bonds. The van der Waals surface area contributed by atoms with E-state index in [1.54, 1.807) is 4.90 Å². The summed E-state index contributed by atoms with van der Waals surface area (Å²) in [6, 6.07) is -0.422. The van der Waals surface area contributed by atoms with Gasteiger partial charge < -0.3 is 14.9 Å². The van der Waals surface area contributed by atoms with Crippen LogP contribution in [0.15, 0.2) is 0 Å². The summed E-state index contributed by atoms with van der Waals surface area (Å²) in [5.41, 5.74) is 0. The summed E-state index contributed by atoms with van der Waals surface area (Å²) in [4.78, 5) is 27.9. The smallest absolute Gasteiger partial charge is 0.326 e. The first-order chi connectivity index (χ1) is 9.49. The molecule has 2 heterocycles. The van der Waals surface area contributed by atoms with Crippen molar-refractivity contribution < 1.29 is 14.7 Å². The largest absolute Gasteiger partial charge is 0.480 e. The van der Waals surface area contributed by atoms with E-state index in [9.17, 15) is 14.7 Å². The van der Waals surface area contributed by atoms with Gasteiger partial charge in [0.2, 0.25) is 0 Å². The summed E-state index contributed by atoms with van der Waals surface area (Å²) >= 11 is 0. The molecule has 5 atom stereocenters. The zero-order valence-electron chi connectivity index (χ0n) is 12.3. The van der Waals surface area contributed by atoms with Crippen LogP contribution in [0.4, 0.5) is 4.79 Å². The van der Waals surface area contributed by atoms with E-state index in [1.165, 1.54) is 0 Å². The molecule has 20 heavy (non-hydrogen) atoms. The minimum Gasteiger partial charge on any atom is -0.480 e. The van der Waals surface area contributed by atoms with Crippen LogP contribution >= 0.6 is 0 Å². The minimum atomic E-state index is -0.826. The molecule has 3 rings (SSSR count). The Morgan fingerprint density at radius 3 is 2.45 bits per heavy atom. The fourth-order valence-electron chi connectivity index (χ4n) is 4.55. The van der Waals surface area contributed by atoms with Crippen LogP contribution in [0.25, 0.3) is 0 Å². The summed E-state index contributed by atoms with van der Waals surface area (Å²) in [7, 11) is 0. The summed E-state index contributed by atoms with van der Waals surface area (Å²) in [5.74, 6) is 0.258. The van der Waals surface area contributed by atoms with Crippen molar-refractivity contribution in [3.63, 3.8) is 0 Å². The molecule has 2 aliphatic heterocycles. The minimum absolute atomic E-state index is 0.0522. The molecule has 0 aromatic heterocycles. The van der Waals surface area contributed by atoms with E-state index in [1.807, 2.05) is 4.90 Å². The van der Waals surface area contributed by atoms with Crippen LogP contribution in [0.1, 0.15) is 39.5 Å². The number of hydrogen-bond donors (Lipinski definition) is 1. The first-order valence-corrected chi connectivity index (χ1v) is 7.79. The lowest BCUT2D eigenvalue weighted by atomic mass is 9.94. The quantitative estimate of drug-likeness (QED) is 0.799. The van der Waals surface area contributed by atoms with Gasteiger partial charge in [-0.1, -0.05) is 13.3 Å². The van der Waals surface area contributed by atoms with Gasteiger partial charge in [-0.15, -0.1) is 0 Å². The number of carbonyl (C=O) groups is 2. The van der Waals surface area contributed by atoms with Gasteiger partial charge in [0, 0.05) is 19.1 Å². The predicted molar refractivity (Wildman–Crippen MR) is 74.3 cm³/mol. The van der Waals surface area contributed by atoms with Crippen molar-refractivity contribution in [2.75, 3.05) is 13.1 Å². The van der Waals surface area contributed by atoms with Gasteiger partial charge in [0.25, 0.3) is 0 Å². The zero-order valence-corrected chi connectivity index (χ0v) is 12.3. The molecule has 0 radical (unpaired) electrons. The Labute approximate surface area is 119 Å². The van der Waals surface area contributed by atoms with Gasteiger partial charge in [-0.05, 0) is 43.9 Å². The fourth-order valence-corrected chi connectivity index (χ4v) is 4.55. The van der Waals surface area contributed by atoms with E-state index in [2.05, 4.69) is 13.8 Å². The molecule has 5 unspecified atom stereocenters. The van der Waals surface area contributed by atoms with E-state index in [0.717, 1.165) is 32.2 Å². The lowest BCUT2D eigenvalue weighted by Crippen LogP contribution is -2.50. The van der Waals surface area contributed by atoms with Crippen LogP contribution in [0, 0.1) is 17.8 Å². The molecule has 5 nitrogen and oxygen atoms in total. The van der Waals surface area contributed by atoms with Crippen LogP contribution in [0.2, 0.25) is 0 Å². The maximum Gasteiger partial charge on any atom is 0.326 e. The van der Waals surface area contributed by atoms with E-state index >= 15 is 0 Å². The van der Waals surface area contributed by atoms with Gasteiger partial charge in [-0.2, -0.15) is 0 Å². The predicted octanol–water partition coefficient (Wildman–Crippen LogP) is 2.02. The van der Waals surface area contributed by atoms with Crippen LogP contribution < -0.4 is 0 Å². The Bertz CT molecular complexity index is 425. The molecule has 3 aliphatic rings. The average molecular weight is 280 g/mol. The molecule has 1 saturated carbocycles. The molecule has 112 valence electrons. The molecule has 1 aliphatic carbocycles. The third kappa shape index (κ3) is 2.07. The Balaban J connectivity index is 1.78. The second-order valence-corrected chi connectivity index (χ2v) is 6.92. The highest BCUT2D eigenvalue weighted by Crippen LogP contribution is 2.43.